The van der Waals surface area contributed by atoms with Gasteiger partial charge in [-0.05, 0) is 63.4 Å². The Morgan fingerprint density at radius 2 is 1.92 bits per heavy atom. The Morgan fingerprint density at radius 1 is 1.29 bits per heavy atom. The van der Waals surface area contributed by atoms with Gasteiger partial charge in [-0.2, -0.15) is 0 Å². The van der Waals surface area contributed by atoms with Crippen molar-refractivity contribution in [3.8, 4) is 5.75 Å². The minimum absolute atomic E-state index is 0. The first-order valence-corrected chi connectivity index (χ1v) is 7.67. The summed E-state index contributed by atoms with van der Waals surface area (Å²) in [4.78, 5) is 12.1. The van der Waals surface area contributed by atoms with Crippen molar-refractivity contribution in [3.05, 3.63) is 29.3 Å². The number of benzene rings is 1. The summed E-state index contributed by atoms with van der Waals surface area (Å²) in [5.74, 6) is -0.836. The molecule has 0 aromatic heterocycles. The second-order valence-corrected chi connectivity index (χ2v) is 5.96. The standard InChI is InChI=1S/C16H21F3N2O2.ClH/c1-10(2)21-15(22)13-4-3-12(11-5-7-20-8-6-11)9-14(13)23-16(17,18)19;/h3-4,9-11,20H,5-8H2,1-2H3,(H,21,22);1H. The second kappa shape index (κ2) is 8.58. The van der Waals surface area contributed by atoms with E-state index in [-0.39, 0.29) is 29.9 Å². The fourth-order valence-corrected chi connectivity index (χ4v) is 2.68. The van der Waals surface area contributed by atoms with Crippen molar-refractivity contribution in [2.45, 2.75) is 45.0 Å². The molecule has 1 aromatic rings. The van der Waals surface area contributed by atoms with Gasteiger partial charge in [-0.25, -0.2) is 0 Å². The summed E-state index contributed by atoms with van der Waals surface area (Å²) in [6.45, 7) is 5.14. The average molecular weight is 367 g/mol. The number of rotatable bonds is 4. The molecule has 136 valence electrons. The Kier molecular flexibility index (Phi) is 7.35. The maximum atomic E-state index is 12.7. The molecule has 1 aromatic carbocycles. The molecule has 1 fully saturated rings. The Balaban J connectivity index is 0.00000288. The lowest BCUT2D eigenvalue weighted by Crippen LogP contribution is -2.31. The Bertz CT molecular complexity index is 559. The monoisotopic (exact) mass is 366 g/mol. The van der Waals surface area contributed by atoms with Gasteiger partial charge in [0.1, 0.15) is 5.75 Å². The van der Waals surface area contributed by atoms with Crippen LogP contribution in [-0.2, 0) is 0 Å². The van der Waals surface area contributed by atoms with Crippen LogP contribution in [0.5, 0.6) is 5.75 Å². The topological polar surface area (TPSA) is 50.4 Å². The van der Waals surface area contributed by atoms with Gasteiger partial charge in [0.2, 0.25) is 0 Å². The fraction of sp³-hybridized carbons (Fsp3) is 0.562. The van der Waals surface area contributed by atoms with Crippen molar-refractivity contribution in [1.29, 1.82) is 0 Å². The van der Waals surface area contributed by atoms with Gasteiger partial charge in [0.25, 0.3) is 5.91 Å². The number of hydrogen-bond donors (Lipinski definition) is 2. The highest BCUT2D eigenvalue weighted by Crippen LogP contribution is 2.33. The number of hydrogen-bond acceptors (Lipinski definition) is 3. The van der Waals surface area contributed by atoms with E-state index >= 15 is 0 Å². The number of piperidine rings is 1. The molecule has 0 aliphatic carbocycles. The number of carbonyl (C=O) groups is 1. The number of amides is 1. The van der Waals surface area contributed by atoms with Crippen molar-refractivity contribution in [2.75, 3.05) is 13.1 Å². The maximum Gasteiger partial charge on any atom is 0.573 e. The fourth-order valence-electron chi connectivity index (χ4n) is 2.68. The summed E-state index contributed by atoms with van der Waals surface area (Å²) in [7, 11) is 0. The molecule has 2 rings (SSSR count). The Labute approximate surface area is 145 Å². The zero-order valence-corrected chi connectivity index (χ0v) is 14.4. The molecule has 0 atom stereocenters. The van der Waals surface area contributed by atoms with Gasteiger partial charge in [-0.1, -0.05) is 6.07 Å². The summed E-state index contributed by atoms with van der Waals surface area (Å²) >= 11 is 0. The number of ether oxygens (including phenoxy) is 1. The highest BCUT2D eigenvalue weighted by molar-refractivity contribution is 5.97. The van der Waals surface area contributed by atoms with Crippen LogP contribution in [0.4, 0.5) is 13.2 Å². The molecule has 2 N–H and O–H groups in total. The SMILES string of the molecule is CC(C)NC(=O)c1ccc(C2CCNCC2)cc1OC(F)(F)F.Cl. The van der Waals surface area contributed by atoms with Crippen molar-refractivity contribution in [1.82, 2.24) is 10.6 Å². The Morgan fingerprint density at radius 3 is 2.46 bits per heavy atom. The van der Waals surface area contributed by atoms with Gasteiger partial charge in [0.05, 0.1) is 5.56 Å². The molecule has 0 unspecified atom stereocenters. The third-order valence-electron chi connectivity index (χ3n) is 3.71. The minimum atomic E-state index is -4.83. The summed E-state index contributed by atoms with van der Waals surface area (Å²) < 4.78 is 42.1. The van der Waals surface area contributed by atoms with E-state index in [1.807, 2.05) is 0 Å². The van der Waals surface area contributed by atoms with Gasteiger partial charge in [-0.15, -0.1) is 25.6 Å². The van der Waals surface area contributed by atoms with E-state index in [1.165, 1.54) is 12.1 Å². The van der Waals surface area contributed by atoms with Crippen LogP contribution in [-0.4, -0.2) is 31.4 Å². The first kappa shape index (κ1) is 20.6. The first-order valence-electron chi connectivity index (χ1n) is 7.67. The molecule has 1 heterocycles. The largest absolute Gasteiger partial charge is 0.573 e. The van der Waals surface area contributed by atoms with E-state index in [0.717, 1.165) is 31.5 Å². The number of nitrogens with one attached hydrogen (secondary N) is 2. The molecule has 8 heteroatoms. The Hall–Kier alpha value is -1.47. The van der Waals surface area contributed by atoms with Crippen LogP contribution in [0.25, 0.3) is 0 Å². The molecule has 1 aliphatic heterocycles. The van der Waals surface area contributed by atoms with Crippen LogP contribution in [0.1, 0.15) is 48.5 Å². The smallest absolute Gasteiger partial charge is 0.405 e. The molecule has 1 amide bonds. The van der Waals surface area contributed by atoms with E-state index in [1.54, 1.807) is 19.9 Å². The van der Waals surface area contributed by atoms with Crippen molar-refractivity contribution >= 4 is 18.3 Å². The maximum absolute atomic E-state index is 12.7. The molecule has 24 heavy (non-hydrogen) atoms. The van der Waals surface area contributed by atoms with Crippen LogP contribution in [0, 0.1) is 0 Å². The summed E-state index contributed by atoms with van der Waals surface area (Å²) in [5, 5.41) is 5.80. The van der Waals surface area contributed by atoms with Crippen LogP contribution in [0.15, 0.2) is 18.2 Å². The zero-order valence-electron chi connectivity index (χ0n) is 13.6. The molecule has 4 nitrogen and oxygen atoms in total. The van der Waals surface area contributed by atoms with Gasteiger partial charge >= 0.3 is 6.36 Å². The second-order valence-electron chi connectivity index (χ2n) is 5.96. The average Bonchev–Trinajstić information content (AvgIpc) is 2.45. The van der Waals surface area contributed by atoms with Crippen LogP contribution < -0.4 is 15.4 Å². The molecule has 0 radical (unpaired) electrons. The number of halogens is 4. The third-order valence-corrected chi connectivity index (χ3v) is 3.71. The summed E-state index contributed by atoms with van der Waals surface area (Å²) in [6, 6.07) is 4.30. The quantitative estimate of drug-likeness (QED) is 0.855. The third kappa shape index (κ3) is 5.87. The minimum Gasteiger partial charge on any atom is -0.405 e. The molecule has 0 saturated carbocycles. The van der Waals surface area contributed by atoms with Crippen molar-refractivity contribution in [2.24, 2.45) is 0 Å². The lowest BCUT2D eigenvalue weighted by atomic mass is 9.89. The van der Waals surface area contributed by atoms with E-state index in [2.05, 4.69) is 15.4 Å². The summed E-state index contributed by atoms with van der Waals surface area (Å²) in [5.41, 5.74) is 0.667. The molecule has 1 saturated heterocycles. The van der Waals surface area contributed by atoms with Crippen LogP contribution in [0.3, 0.4) is 0 Å². The van der Waals surface area contributed by atoms with Gasteiger partial charge in [0.15, 0.2) is 0 Å². The number of carbonyl (C=O) groups excluding carboxylic acids is 1. The van der Waals surface area contributed by atoms with Crippen molar-refractivity contribution < 1.29 is 22.7 Å². The molecule has 1 aliphatic rings. The van der Waals surface area contributed by atoms with Crippen molar-refractivity contribution in [3.63, 3.8) is 0 Å². The zero-order chi connectivity index (χ0) is 17.0. The van der Waals surface area contributed by atoms with Crippen LogP contribution >= 0.6 is 12.4 Å². The predicted octanol–water partition coefficient (Wildman–Crippen LogP) is 3.61. The van der Waals surface area contributed by atoms with Gasteiger partial charge in [0, 0.05) is 6.04 Å². The molecule has 0 bridgehead atoms. The first-order chi connectivity index (χ1) is 10.8. The predicted molar refractivity (Wildman–Crippen MR) is 87.8 cm³/mol. The highest BCUT2D eigenvalue weighted by atomic mass is 35.5. The number of alkyl halides is 3. The lowest BCUT2D eigenvalue weighted by Gasteiger charge is -2.24. The van der Waals surface area contributed by atoms with E-state index in [0.29, 0.717) is 0 Å². The van der Waals surface area contributed by atoms with E-state index < -0.39 is 18.0 Å². The molecular weight excluding hydrogens is 345 g/mol. The lowest BCUT2D eigenvalue weighted by molar-refractivity contribution is -0.274. The van der Waals surface area contributed by atoms with Crippen LogP contribution in [0.2, 0.25) is 0 Å². The normalized spacial score (nSPS) is 15.8. The van der Waals surface area contributed by atoms with E-state index in [9.17, 15) is 18.0 Å². The molecular formula is C16H22ClF3N2O2. The van der Waals surface area contributed by atoms with Gasteiger partial charge in [-0.3, -0.25) is 4.79 Å². The van der Waals surface area contributed by atoms with Gasteiger partial charge < -0.3 is 15.4 Å². The highest BCUT2D eigenvalue weighted by Gasteiger charge is 2.33. The molecule has 0 spiro atoms. The van der Waals surface area contributed by atoms with E-state index in [4.69, 9.17) is 0 Å². The summed E-state index contributed by atoms with van der Waals surface area (Å²) in [6.07, 6.45) is -3.13.